The van der Waals surface area contributed by atoms with E-state index in [1.807, 2.05) is 30.3 Å². The molecule has 2 rings (SSSR count). The zero-order chi connectivity index (χ0) is 16.7. The third-order valence-corrected chi connectivity index (χ3v) is 4.81. The van der Waals surface area contributed by atoms with E-state index in [9.17, 15) is 15.0 Å². The van der Waals surface area contributed by atoms with Gasteiger partial charge in [0.25, 0.3) is 0 Å². The molecule has 4 heteroatoms. The van der Waals surface area contributed by atoms with Gasteiger partial charge in [-0.25, -0.2) is 0 Å². The average Bonchev–Trinajstić information content (AvgIpc) is 2.54. The molecule has 2 unspecified atom stereocenters. The van der Waals surface area contributed by atoms with E-state index in [0.29, 0.717) is 12.8 Å². The smallest absolute Gasteiger partial charge is 0.220 e. The van der Waals surface area contributed by atoms with Crippen LogP contribution in [0.2, 0.25) is 0 Å². The highest BCUT2D eigenvalue weighted by atomic mass is 16.3. The highest BCUT2D eigenvalue weighted by molar-refractivity contribution is 5.76. The molecule has 4 nitrogen and oxygen atoms in total. The van der Waals surface area contributed by atoms with Crippen LogP contribution in [-0.2, 0) is 11.2 Å². The molecule has 0 saturated heterocycles. The molecule has 1 saturated carbocycles. The molecule has 4 N–H and O–H groups in total. The van der Waals surface area contributed by atoms with Crippen LogP contribution in [0, 0.1) is 12.3 Å². The van der Waals surface area contributed by atoms with Gasteiger partial charge in [-0.3, -0.25) is 4.79 Å². The number of primary amides is 1. The number of aliphatic hydroxyl groups excluding tert-OH is 1. The van der Waals surface area contributed by atoms with E-state index < -0.39 is 23.5 Å². The molecule has 23 heavy (non-hydrogen) atoms. The second-order valence-corrected chi connectivity index (χ2v) is 6.82. The number of nitrogens with two attached hydrogens (primary N) is 1. The molecule has 1 aromatic rings. The summed E-state index contributed by atoms with van der Waals surface area (Å²) < 4.78 is 0. The number of carbonyl (C=O) groups is 1. The molecule has 127 valence electrons. The summed E-state index contributed by atoms with van der Waals surface area (Å²) in [7, 11) is 0. The summed E-state index contributed by atoms with van der Waals surface area (Å²) in [5, 5.41) is 20.8. The van der Waals surface area contributed by atoms with Crippen LogP contribution in [0.1, 0.15) is 50.5 Å². The fourth-order valence-corrected chi connectivity index (χ4v) is 3.45. The molecule has 1 aliphatic carbocycles. The summed E-state index contributed by atoms with van der Waals surface area (Å²) in [5.41, 5.74) is 5.82. The quantitative estimate of drug-likeness (QED) is 0.688. The lowest BCUT2D eigenvalue weighted by Crippen LogP contribution is -2.39. The van der Waals surface area contributed by atoms with Gasteiger partial charge in [0, 0.05) is 5.92 Å². The topological polar surface area (TPSA) is 83.6 Å². The number of carbonyl (C=O) groups excluding carboxylic acids is 1. The van der Waals surface area contributed by atoms with Crippen LogP contribution < -0.4 is 5.73 Å². The average molecular weight is 318 g/mol. The second-order valence-electron chi connectivity index (χ2n) is 6.82. The van der Waals surface area contributed by atoms with E-state index in [0.717, 1.165) is 37.7 Å². The summed E-state index contributed by atoms with van der Waals surface area (Å²) in [6.45, 7) is 0. The van der Waals surface area contributed by atoms with Crippen molar-refractivity contribution < 1.29 is 15.0 Å². The Labute approximate surface area is 138 Å². The maximum Gasteiger partial charge on any atom is 0.220 e. The first-order valence-corrected chi connectivity index (χ1v) is 8.55. The third kappa shape index (κ3) is 5.96. The normalized spacial score (nSPS) is 19.9. The lowest BCUT2D eigenvalue weighted by atomic mass is 9.77. The zero-order valence-corrected chi connectivity index (χ0v) is 13.7. The molecule has 0 aliphatic heterocycles. The van der Waals surface area contributed by atoms with Crippen LogP contribution >= 0.6 is 0 Å². The summed E-state index contributed by atoms with van der Waals surface area (Å²) in [4.78, 5) is 11.7. The summed E-state index contributed by atoms with van der Waals surface area (Å²) in [5.74, 6) is -0.920. The van der Waals surface area contributed by atoms with Crippen molar-refractivity contribution >= 4 is 5.91 Å². The molecule has 0 bridgehead atoms. The van der Waals surface area contributed by atoms with Crippen molar-refractivity contribution in [1.29, 1.82) is 0 Å². The van der Waals surface area contributed by atoms with Gasteiger partial charge in [-0.1, -0.05) is 49.6 Å². The fourth-order valence-electron chi connectivity index (χ4n) is 3.45. The molecule has 1 radical (unpaired) electrons. The molecule has 1 fully saturated rings. The van der Waals surface area contributed by atoms with Crippen molar-refractivity contribution in [3.63, 3.8) is 0 Å². The van der Waals surface area contributed by atoms with Gasteiger partial charge in [0.1, 0.15) is 0 Å². The monoisotopic (exact) mass is 318 g/mol. The van der Waals surface area contributed by atoms with Crippen molar-refractivity contribution in [1.82, 2.24) is 0 Å². The molecule has 1 aliphatic rings. The van der Waals surface area contributed by atoms with Gasteiger partial charge in [-0.15, -0.1) is 0 Å². The molecular formula is C19H28NO3. The maximum absolute atomic E-state index is 11.7. The molecule has 0 aromatic heterocycles. The molecule has 0 spiro atoms. The van der Waals surface area contributed by atoms with E-state index in [-0.39, 0.29) is 6.42 Å². The summed E-state index contributed by atoms with van der Waals surface area (Å²) in [6.07, 6.45) is 6.96. The second kappa shape index (κ2) is 8.46. The predicted octanol–water partition coefficient (Wildman–Crippen LogP) is 2.37. The lowest BCUT2D eigenvalue weighted by Gasteiger charge is -2.34. The Kier molecular flexibility index (Phi) is 6.60. The Hall–Kier alpha value is -1.39. The molecular weight excluding hydrogens is 290 g/mol. The molecule has 1 aromatic carbocycles. The largest absolute Gasteiger partial charge is 0.393 e. The van der Waals surface area contributed by atoms with Crippen molar-refractivity contribution in [2.24, 2.45) is 11.7 Å². The van der Waals surface area contributed by atoms with Crippen molar-refractivity contribution in [3.05, 3.63) is 42.3 Å². The van der Waals surface area contributed by atoms with E-state index in [2.05, 4.69) is 0 Å². The van der Waals surface area contributed by atoms with Crippen molar-refractivity contribution in [3.8, 4) is 0 Å². The van der Waals surface area contributed by atoms with Crippen LogP contribution in [0.3, 0.4) is 0 Å². The van der Waals surface area contributed by atoms with Gasteiger partial charge < -0.3 is 15.9 Å². The molecule has 1 amide bonds. The first-order chi connectivity index (χ1) is 11.0. The van der Waals surface area contributed by atoms with Crippen LogP contribution in [0.4, 0.5) is 0 Å². The third-order valence-electron chi connectivity index (χ3n) is 4.81. The highest BCUT2D eigenvalue weighted by Gasteiger charge is 2.34. The fraction of sp³-hybridized carbons (Fsp3) is 0.579. The van der Waals surface area contributed by atoms with Crippen LogP contribution in [0.15, 0.2) is 30.3 Å². The Morgan fingerprint density at radius 3 is 2.48 bits per heavy atom. The number of hydrogen-bond acceptors (Lipinski definition) is 3. The minimum Gasteiger partial charge on any atom is -0.393 e. The summed E-state index contributed by atoms with van der Waals surface area (Å²) >= 11 is 0. The Bertz CT molecular complexity index is 483. The van der Waals surface area contributed by atoms with Gasteiger partial charge in [-0.05, 0) is 44.1 Å². The van der Waals surface area contributed by atoms with Crippen molar-refractivity contribution in [2.75, 3.05) is 0 Å². The first-order valence-electron chi connectivity index (χ1n) is 8.55. The van der Waals surface area contributed by atoms with E-state index >= 15 is 0 Å². The first kappa shape index (κ1) is 18.0. The zero-order valence-electron chi connectivity index (χ0n) is 13.7. The Morgan fingerprint density at radius 1 is 1.22 bits per heavy atom. The van der Waals surface area contributed by atoms with E-state index in [4.69, 9.17) is 5.73 Å². The summed E-state index contributed by atoms with van der Waals surface area (Å²) in [6, 6.07) is 9.87. The number of amides is 1. The molecule has 0 heterocycles. The van der Waals surface area contributed by atoms with Gasteiger partial charge >= 0.3 is 0 Å². The Balaban J connectivity index is 1.84. The number of hydrogen-bond donors (Lipinski definition) is 3. The van der Waals surface area contributed by atoms with Crippen LogP contribution in [0.5, 0.6) is 0 Å². The number of aliphatic hydroxyl groups is 2. The standard InChI is InChI=1S/C19H28NO3/c20-18(22)16(14-19(23)11-5-2-6-12-19)13-17(21)10-9-15-7-3-1-4-8-15/h1,3-4,7-8,10,16-17,21,23H,2,5-6,9,11-14H2,(H2,20,22). The van der Waals surface area contributed by atoms with Gasteiger partial charge in [0.15, 0.2) is 0 Å². The van der Waals surface area contributed by atoms with E-state index in [1.165, 1.54) is 0 Å². The maximum atomic E-state index is 11.7. The molecule has 2 atom stereocenters. The number of benzene rings is 1. The van der Waals surface area contributed by atoms with Crippen molar-refractivity contribution in [2.45, 2.75) is 63.1 Å². The van der Waals surface area contributed by atoms with Gasteiger partial charge in [0.2, 0.25) is 5.91 Å². The minimum absolute atomic E-state index is 0.282. The lowest BCUT2D eigenvalue weighted by molar-refractivity contribution is -0.126. The minimum atomic E-state index is -0.795. The van der Waals surface area contributed by atoms with Crippen LogP contribution in [0.25, 0.3) is 0 Å². The number of rotatable bonds is 8. The predicted molar refractivity (Wildman–Crippen MR) is 90.4 cm³/mol. The highest BCUT2D eigenvalue weighted by Crippen LogP contribution is 2.34. The van der Waals surface area contributed by atoms with Gasteiger partial charge in [-0.2, -0.15) is 0 Å². The Morgan fingerprint density at radius 2 is 1.87 bits per heavy atom. The van der Waals surface area contributed by atoms with Gasteiger partial charge in [0.05, 0.1) is 11.7 Å². The van der Waals surface area contributed by atoms with Crippen LogP contribution in [-0.4, -0.2) is 27.8 Å². The SMILES string of the molecule is NC(=O)C(CC(O)[CH]Cc1ccccc1)CC1(O)CCCCC1. The van der Waals surface area contributed by atoms with E-state index in [1.54, 1.807) is 6.42 Å².